The molecule has 0 aromatic rings. The van der Waals surface area contributed by atoms with E-state index in [0.717, 1.165) is 25.7 Å². The van der Waals surface area contributed by atoms with E-state index in [4.69, 9.17) is 4.74 Å². The van der Waals surface area contributed by atoms with Gasteiger partial charge in [0.15, 0.2) is 5.78 Å². The number of esters is 2. The van der Waals surface area contributed by atoms with Crippen molar-refractivity contribution in [1.82, 2.24) is 0 Å². The molecule has 0 bridgehead atoms. The van der Waals surface area contributed by atoms with Crippen LogP contribution < -0.4 is 0 Å². The molecule has 6 aliphatic rings. The van der Waals surface area contributed by atoms with Crippen molar-refractivity contribution >= 4 is 17.7 Å². The molecule has 5 fully saturated rings. The van der Waals surface area contributed by atoms with Gasteiger partial charge in [-0.1, -0.05) is 26.3 Å². The number of aliphatic hydroxyl groups is 1. The van der Waals surface area contributed by atoms with Crippen LogP contribution in [0.3, 0.4) is 0 Å². The summed E-state index contributed by atoms with van der Waals surface area (Å²) in [5.41, 5.74) is 0.537. The van der Waals surface area contributed by atoms with E-state index in [1.165, 1.54) is 12.5 Å². The molecule has 11 atom stereocenters. The van der Waals surface area contributed by atoms with Crippen LogP contribution in [0.4, 0.5) is 0 Å². The molecule has 174 valence electrons. The highest BCUT2D eigenvalue weighted by molar-refractivity contribution is 5.92. The fraction of sp³-hybridized carbons (Fsp3) is 0.815. The minimum atomic E-state index is -0.851. The first-order chi connectivity index (χ1) is 15.0. The lowest BCUT2D eigenvalue weighted by Crippen LogP contribution is -2.57. The Morgan fingerprint density at radius 3 is 2.66 bits per heavy atom. The molecule has 5 nitrogen and oxygen atoms in total. The van der Waals surface area contributed by atoms with Gasteiger partial charge in [0.2, 0.25) is 0 Å². The Balaban J connectivity index is 1.32. The van der Waals surface area contributed by atoms with Crippen LogP contribution in [0.25, 0.3) is 0 Å². The van der Waals surface area contributed by atoms with Crippen LogP contribution in [0.5, 0.6) is 0 Å². The van der Waals surface area contributed by atoms with Crippen molar-refractivity contribution in [2.24, 2.45) is 58.2 Å². The summed E-state index contributed by atoms with van der Waals surface area (Å²) in [7, 11) is 0. The molecule has 5 saturated carbocycles. The SMILES string of the molecule is CC(=O)OC(=O)CCC1(O)C2CC2C2C3C4C(C)C4C4=CC(=O)CCC4(C)C3CCC21C. The Morgan fingerprint density at radius 1 is 1.19 bits per heavy atom. The lowest BCUT2D eigenvalue weighted by Gasteiger charge is -2.60. The number of hydrogen-bond acceptors (Lipinski definition) is 5. The van der Waals surface area contributed by atoms with Crippen molar-refractivity contribution in [3.05, 3.63) is 11.6 Å². The number of fused-ring (bicyclic) bond motifs is 10. The Bertz CT molecular complexity index is 952. The highest BCUT2D eigenvalue weighted by atomic mass is 16.6. The van der Waals surface area contributed by atoms with E-state index in [1.54, 1.807) is 0 Å². The maximum Gasteiger partial charge on any atom is 0.313 e. The third-order valence-electron chi connectivity index (χ3n) is 11.4. The first-order valence-electron chi connectivity index (χ1n) is 12.7. The van der Waals surface area contributed by atoms with Crippen LogP contribution in [0.1, 0.15) is 72.6 Å². The Hall–Kier alpha value is -1.49. The lowest BCUT2D eigenvalue weighted by atomic mass is 9.45. The quantitative estimate of drug-likeness (QED) is 0.528. The summed E-state index contributed by atoms with van der Waals surface area (Å²) in [6, 6.07) is 0. The molecule has 0 spiro atoms. The van der Waals surface area contributed by atoms with Gasteiger partial charge in [0.05, 0.1) is 5.60 Å². The van der Waals surface area contributed by atoms with Crippen LogP contribution in [-0.4, -0.2) is 28.4 Å². The smallest absolute Gasteiger partial charge is 0.313 e. The number of carbonyl (C=O) groups excluding carboxylic acids is 3. The number of ether oxygens (including phenoxy) is 1. The van der Waals surface area contributed by atoms with Gasteiger partial charge in [0.1, 0.15) is 0 Å². The van der Waals surface area contributed by atoms with Gasteiger partial charge in [-0.25, -0.2) is 0 Å². The monoisotopic (exact) mass is 440 g/mol. The molecular formula is C27H36O5. The predicted octanol–water partition coefficient (Wildman–Crippen LogP) is 4.08. The van der Waals surface area contributed by atoms with E-state index >= 15 is 0 Å². The standard InChI is InChI=1S/C27H36O5/c1-13-21-19-11-15(29)5-8-25(19,3)17-6-9-26(4)24(23(17)22(13)21)16-12-18(16)27(26,31)10-7-20(30)32-14(2)28/h11,13,16-18,21-24,31H,5-10,12H2,1-4H3. The van der Waals surface area contributed by atoms with Gasteiger partial charge in [0, 0.05) is 19.8 Å². The number of carbonyl (C=O) groups is 3. The maximum absolute atomic E-state index is 12.3. The van der Waals surface area contributed by atoms with Gasteiger partial charge in [-0.3, -0.25) is 14.4 Å². The average Bonchev–Trinajstić information content (AvgIpc) is 3.61. The molecule has 11 unspecified atom stereocenters. The van der Waals surface area contributed by atoms with Crippen LogP contribution in [0.2, 0.25) is 0 Å². The van der Waals surface area contributed by atoms with Crippen LogP contribution in [0, 0.1) is 58.2 Å². The Labute approximate surface area is 190 Å². The minimum absolute atomic E-state index is 0.102. The lowest BCUT2D eigenvalue weighted by molar-refractivity contribution is -0.166. The predicted molar refractivity (Wildman–Crippen MR) is 117 cm³/mol. The van der Waals surface area contributed by atoms with E-state index in [0.29, 0.717) is 60.1 Å². The molecule has 0 saturated heterocycles. The van der Waals surface area contributed by atoms with Gasteiger partial charge >= 0.3 is 11.9 Å². The molecule has 0 radical (unpaired) electrons. The van der Waals surface area contributed by atoms with Crippen molar-refractivity contribution in [1.29, 1.82) is 0 Å². The normalized spacial score (nSPS) is 54.3. The van der Waals surface area contributed by atoms with Crippen LogP contribution in [0.15, 0.2) is 11.6 Å². The summed E-state index contributed by atoms with van der Waals surface area (Å²) in [6.07, 6.45) is 7.29. The van der Waals surface area contributed by atoms with Gasteiger partial charge < -0.3 is 9.84 Å². The van der Waals surface area contributed by atoms with E-state index < -0.39 is 17.5 Å². The van der Waals surface area contributed by atoms with Crippen LogP contribution >= 0.6 is 0 Å². The minimum Gasteiger partial charge on any atom is -0.393 e. The Kier molecular flexibility index (Phi) is 4.17. The number of allylic oxidation sites excluding steroid dienone is 1. The maximum atomic E-state index is 12.3. The molecule has 6 aliphatic carbocycles. The van der Waals surface area contributed by atoms with Crippen LogP contribution in [-0.2, 0) is 19.1 Å². The molecule has 32 heavy (non-hydrogen) atoms. The fourth-order valence-corrected chi connectivity index (χ4v) is 9.95. The van der Waals surface area contributed by atoms with Crippen molar-refractivity contribution in [2.45, 2.75) is 78.2 Å². The highest BCUT2D eigenvalue weighted by Crippen LogP contribution is 2.81. The summed E-state index contributed by atoms with van der Waals surface area (Å²) < 4.78 is 4.75. The summed E-state index contributed by atoms with van der Waals surface area (Å²) in [5.74, 6) is 3.53. The number of hydrogen-bond donors (Lipinski definition) is 1. The van der Waals surface area contributed by atoms with Crippen molar-refractivity contribution < 1.29 is 24.2 Å². The zero-order valence-corrected chi connectivity index (χ0v) is 19.7. The molecule has 0 aliphatic heterocycles. The second kappa shape index (κ2) is 6.34. The zero-order valence-electron chi connectivity index (χ0n) is 19.7. The first-order valence-corrected chi connectivity index (χ1v) is 12.7. The molecule has 0 amide bonds. The van der Waals surface area contributed by atoms with E-state index in [9.17, 15) is 19.5 Å². The van der Waals surface area contributed by atoms with Gasteiger partial charge in [-0.15, -0.1) is 0 Å². The van der Waals surface area contributed by atoms with Crippen molar-refractivity contribution in [3.8, 4) is 0 Å². The Morgan fingerprint density at radius 2 is 1.94 bits per heavy atom. The molecule has 0 aromatic carbocycles. The van der Waals surface area contributed by atoms with Gasteiger partial charge in [0.25, 0.3) is 0 Å². The largest absolute Gasteiger partial charge is 0.393 e. The van der Waals surface area contributed by atoms with Crippen molar-refractivity contribution in [3.63, 3.8) is 0 Å². The zero-order chi connectivity index (χ0) is 22.8. The number of rotatable bonds is 3. The topological polar surface area (TPSA) is 80.7 Å². The summed E-state index contributed by atoms with van der Waals surface area (Å²) in [6.45, 7) is 8.33. The molecule has 1 N–H and O–H groups in total. The fourth-order valence-electron chi connectivity index (χ4n) is 9.95. The summed E-state index contributed by atoms with van der Waals surface area (Å²) in [4.78, 5) is 35.6. The summed E-state index contributed by atoms with van der Waals surface area (Å²) >= 11 is 0. The van der Waals surface area contributed by atoms with E-state index in [2.05, 4.69) is 20.8 Å². The van der Waals surface area contributed by atoms with E-state index in [-0.39, 0.29) is 23.2 Å². The molecular weight excluding hydrogens is 404 g/mol. The molecule has 0 aromatic heterocycles. The molecule has 0 heterocycles. The third-order valence-corrected chi connectivity index (χ3v) is 11.4. The second-order valence-electron chi connectivity index (χ2n) is 12.5. The summed E-state index contributed by atoms with van der Waals surface area (Å²) in [5, 5.41) is 12.1. The number of ketones is 1. The second-order valence-corrected chi connectivity index (χ2v) is 12.5. The molecule has 5 heteroatoms. The van der Waals surface area contributed by atoms with E-state index in [1.807, 2.05) is 6.08 Å². The third kappa shape index (κ3) is 2.47. The van der Waals surface area contributed by atoms with Gasteiger partial charge in [-0.05, 0) is 96.4 Å². The highest BCUT2D eigenvalue weighted by Gasteiger charge is 2.79. The molecule has 6 rings (SSSR count). The average molecular weight is 441 g/mol. The van der Waals surface area contributed by atoms with Gasteiger partial charge in [-0.2, -0.15) is 0 Å². The first kappa shape index (κ1) is 21.1. The van der Waals surface area contributed by atoms with Crippen molar-refractivity contribution in [2.75, 3.05) is 0 Å².